The van der Waals surface area contributed by atoms with Gasteiger partial charge in [0.1, 0.15) is 18.5 Å². The number of rotatable bonds is 7. The van der Waals surface area contributed by atoms with Crippen LogP contribution in [0.25, 0.3) is 0 Å². The van der Waals surface area contributed by atoms with Gasteiger partial charge in [0.05, 0.1) is 6.08 Å². The highest BCUT2D eigenvalue weighted by Crippen LogP contribution is 2.26. The first-order valence-electron chi connectivity index (χ1n) is 6.04. The molecule has 2 N–H and O–H groups in total. The van der Waals surface area contributed by atoms with Gasteiger partial charge in [-0.2, -0.15) is 0 Å². The largest absolute Gasteiger partial charge is 0.479 e. The standard InChI is InChI=1S/C12H16O10/c1-18-9-8(21-6(14)3-4-20-5-13)7(15)12(19-2)22-10(9)11(16)17/h3-5,7-10,12,15H,1-2H3,(H,16,17)/b4-3-. The van der Waals surface area contributed by atoms with Crippen molar-refractivity contribution < 1.29 is 48.3 Å². The number of methoxy groups -OCH3 is 2. The first-order valence-corrected chi connectivity index (χ1v) is 6.04. The Kier molecular flexibility index (Phi) is 6.92. The summed E-state index contributed by atoms with van der Waals surface area (Å²) in [6.45, 7) is 0.0897. The molecule has 1 rings (SSSR count). The monoisotopic (exact) mass is 320 g/mol. The quantitative estimate of drug-likeness (QED) is 0.244. The summed E-state index contributed by atoms with van der Waals surface area (Å²) in [5.74, 6) is -2.35. The van der Waals surface area contributed by atoms with Crippen molar-refractivity contribution in [2.24, 2.45) is 0 Å². The number of carbonyl (C=O) groups excluding carboxylic acids is 2. The van der Waals surface area contributed by atoms with Gasteiger partial charge in [0.25, 0.3) is 6.47 Å². The molecule has 1 saturated heterocycles. The number of esters is 1. The lowest BCUT2D eigenvalue weighted by atomic mass is 9.98. The molecule has 0 amide bonds. The molecule has 0 saturated carbocycles. The Labute approximate surface area is 125 Å². The van der Waals surface area contributed by atoms with Crippen LogP contribution < -0.4 is 0 Å². The second-order valence-electron chi connectivity index (χ2n) is 4.13. The van der Waals surface area contributed by atoms with Crippen LogP contribution in [0.4, 0.5) is 0 Å². The van der Waals surface area contributed by atoms with E-state index in [0.717, 1.165) is 12.3 Å². The van der Waals surface area contributed by atoms with Crippen molar-refractivity contribution in [1.82, 2.24) is 0 Å². The molecule has 1 heterocycles. The molecule has 124 valence electrons. The molecule has 0 bridgehead atoms. The second-order valence-corrected chi connectivity index (χ2v) is 4.13. The normalized spacial score (nSPS) is 31.7. The molecule has 1 fully saturated rings. The minimum Gasteiger partial charge on any atom is -0.479 e. The maximum absolute atomic E-state index is 11.6. The lowest BCUT2D eigenvalue weighted by Gasteiger charge is -2.41. The second kappa shape index (κ2) is 8.44. The molecule has 1 aliphatic rings. The van der Waals surface area contributed by atoms with E-state index in [0.29, 0.717) is 0 Å². The number of aliphatic hydroxyl groups excluding tert-OH is 1. The first-order chi connectivity index (χ1) is 10.5. The molecule has 0 aromatic carbocycles. The fourth-order valence-electron chi connectivity index (χ4n) is 1.91. The van der Waals surface area contributed by atoms with E-state index >= 15 is 0 Å². The molecule has 10 nitrogen and oxygen atoms in total. The van der Waals surface area contributed by atoms with Crippen molar-refractivity contribution in [2.75, 3.05) is 14.2 Å². The number of aliphatic hydroxyl groups is 1. The summed E-state index contributed by atoms with van der Waals surface area (Å²) in [5, 5.41) is 19.1. The third kappa shape index (κ3) is 4.24. The highest BCUT2D eigenvalue weighted by atomic mass is 16.7. The summed E-state index contributed by atoms with van der Waals surface area (Å²) in [6.07, 6.45) is -5.38. The van der Waals surface area contributed by atoms with Crippen LogP contribution in [0.2, 0.25) is 0 Å². The molecule has 0 aromatic heterocycles. The lowest BCUT2D eigenvalue weighted by Crippen LogP contribution is -2.62. The van der Waals surface area contributed by atoms with Gasteiger partial charge in [-0.1, -0.05) is 0 Å². The molecule has 0 radical (unpaired) electrons. The zero-order chi connectivity index (χ0) is 16.7. The Morgan fingerprint density at radius 1 is 1.18 bits per heavy atom. The van der Waals surface area contributed by atoms with Gasteiger partial charge in [-0.25, -0.2) is 9.59 Å². The van der Waals surface area contributed by atoms with Crippen LogP contribution in [0.1, 0.15) is 0 Å². The van der Waals surface area contributed by atoms with Crippen LogP contribution in [0, 0.1) is 0 Å². The van der Waals surface area contributed by atoms with Crippen LogP contribution in [-0.4, -0.2) is 73.5 Å². The van der Waals surface area contributed by atoms with Crippen molar-refractivity contribution in [1.29, 1.82) is 0 Å². The van der Waals surface area contributed by atoms with Crippen molar-refractivity contribution in [3.63, 3.8) is 0 Å². The topological polar surface area (TPSA) is 138 Å². The van der Waals surface area contributed by atoms with Gasteiger partial charge in [-0.3, -0.25) is 4.79 Å². The Hall–Kier alpha value is -2.01. The summed E-state index contributed by atoms with van der Waals surface area (Å²) in [6, 6.07) is 0. The van der Waals surface area contributed by atoms with Crippen LogP contribution in [0.3, 0.4) is 0 Å². The highest BCUT2D eigenvalue weighted by molar-refractivity contribution is 5.82. The van der Waals surface area contributed by atoms with Crippen molar-refractivity contribution >= 4 is 18.4 Å². The highest BCUT2D eigenvalue weighted by Gasteiger charge is 2.50. The van der Waals surface area contributed by atoms with Gasteiger partial charge in [-0.15, -0.1) is 0 Å². The Balaban J connectivity index is 2.91. The molecule has 22 heavy (non-hydrogen) atoms. The minimum absolute atomic E-state index is 0.0897. The smallest absolute Gasteiger partial charge is 0.335 e. The molecular weight excluding hydrogens is 304 g/mol. The van der Waals surface area contributed by atoms with Crippen LogP contribution in [0.15, 0.2) is 12.3 Å². The Morgan fingerprint density at radius 2 is 1.86 bits per heavy atom. The predicted molar refractivity (Wildman–Crippen MR) is 66.3 cm³/mol. The number of hydrogen-bond donors (Lipinski definition) is 2. The molecule has 0 aromatic rings. The summed E-state index contributed by atoms with van der Waals surface area (Å²) < 4.78 is 23.9. The van der Waals surface area contributed by atoms with E-state index in [1.807, 2.05) is 0 Å². The van der Waals surface area contributed by atoms with E-state index in [-0.39, 0.29) is 6.47 Å². The van der Waals surface area contributed by atoms with Crippen molar-refractivity contribution in [3.8, 4) is 0 Å². The first kappa shape index (κ1) is 18.0. The summed E-state index contributed by atoms with van der Waals surface area (Å²) >= 11 is 0. The average Bonchev–Trinajstić information content (AvgIpc) is 2.48. The van der Waals surface area contributed by atoms with Gasteiger partial charge in [0.15, 0.2) is 18.5 Å². The van der Waals surface area contributed by atoms with Crippen molar-refractivity contribution in [2.45, 2.75) is 30.7 Å². The van der Waals surface area contributed by atoms with E-state index in [4.69, 9.17) is 24.1 Å². The van der Waals surface area contributed by atoms with Gasteiger partial charge in [-0.05, 0) is 0 Å². The maximum atomic E-state index is 11.6. The van der Waals surface area contributed by atoms with E-state index in [9.17, 15) is 19.5 Å². The summed E-state index contributed by atoms with van der Waals surface area (Å²) in [4.78, 5) is 32.7. The summed E-state index contributed by atoms with van der Waals surface area (Å²) in [7, 11) is 2.37. The SMILES string of the molecule is COC1OC(C(=O)O)C(OC)C(OC(=O)/C=C\OC=O)C1O. The number of ether oxygens (including phenoxy) is 5. The van der Waals surface area contributed by atoms with Gasteiger partial charge < -0.3 is 33.9 Å². The van der Waals surface area contributed by atoms with E-state index in [2.05, 4.69) is 4.74 Å². The number of carboxylic acids is 1. The predicted octanol–water partition coefficient (Wildman–Crippen LogP) is -1.58. The fourth-order valence-corrected chi connectivity index (χ4v) is 1.91. The Bertz CT molecular complexity index is 434. The van der Waals surface area contributed by atoms with E-state index < -0.39 is 42.6 Å². The molecule has 0 spiro atoms. The fraction of sp³-hybridized carbons (Fsp3) is 0.583. The van der Waals surface area contributed by atoms with Crippen LogP contribution in [0.5, 0.6) is 0 Å². The van der Waals surface area contributed by atoms with Gasteiger partial charge >= 0.3 is 11.9 Å². The lowest BCUT2D eigenvalue weighted by molar-refractivity contribution is -0.293. The van der Waals surface area contributed by atoms with Gasteiger partial charge in [0.2, 0.25) is 0 Å². The average molecular weight is 320 g/mol. The number of carbonyl (C=O) groups is 3. The summed E-state index contributed by atoms with van der Waals surface area (Å²) in [5.41, 5.74) is 0. The van der Waals surface area contributed by atoms with Crippen LogP contribution in [-0.2, 0) is 38.1 Å². The zero-order valence-corrected chi connectivity index (χ0v) is 11.8. The molecule has 0 aliphatic carbocycles. The third-order valence-electron chi connectivity index (χ3n) is 2.86. The maximum Gasteiger partial charge on any atom is 0.335 e. The number of hydrogen-bond acceptors (Lipinski definition) is 9. The van der Waals surface area contributed by atoms with Crippen LogP contribution >= 0.6 is 0 Å². The van der Waals surface area contributed by atoms with E-state index in [1.165, 1.54) is 14.2 Å². The molecule has 5 atom stereocenters. The number of carboxylic acid groups (broad SMARTS) is 1. The van der Waals surface area contributed by atoms with E-state index in [1.54, 1.807) is 0 Å². The zero-order valence-electron chi connectivity index (χ0n) is 11.8. The van der Waals surface area contributed by atoms with Gasteiger partial charge in [0, 0.05) is 14.2 Å². The molecule has 10 heteroatoms. The molecular formula is C12H16O10. The molecule has 1 aliphatic heterocycles. The Morgan fingerprint density at radius 3 is 2.36 bits per heavy atom. The molecule has 5 unspecified atom stereocenters. The van der Waals surface area contributed by atoms with Crippen molar-refractivity contribution in [3.05, 3.63) is 12.3 Å². The number of aliphatic carboxylic acids is 1. The minimum atomic E-state index is -1.51. The third-order valence-corrected chi connectivity index (χ3v) is 2.86.